The molecular formula is C28H37N5O4. The molecule has 0 spiro atoms. The number of Topliss-reactive ketones (excluding diaryl/α,β-unsaturated/α-hetero) is 1. The van der Waals surface area contributed by atoms with Gasteiger partial charge in [0.05, 0.1) is 12.7 Å². The fraction of sp³-hybridized carbons (Fsp3) is 0.536. The first kappa shape index (κ1) is 25.6. The molecule has 37 heavy (non-hydrogen) atoms. The SMILES string of the molecule is COc1ccc2c(c1)c(CNCC1CCN(c3ncc(C(=O)COC4CCCCO4)cn3)CC1)cn2C. The van der Waals surface area contributed by atoms with E-state index in [9.17, 15) is 4.79 Å². The fourth-order valence-electron chi connectivity index (χ4n) is 5.19. The molecule has 1 N–H and O–H groups in total. The fourth-order valence-corrected chi connectivity index (χ4v) is 5.19. The first-order chi connectivity index (χ1) is 18.1. The summed E-state index contributed by atoms with van der Waals surface area (Å²) in [5.74, 6) is 2.06. The van der Waals surface area contributed by atoms with Gasteiger partial charge in [-0.1, -0.05) is 0 Å². The third kappa shape index (κ3) is 6.29. The Morgan fingerprint density at radius 2 is 1.97 bits per heavy atom. The van der Waals surface area contributed by atoms with E-state index < -0.39 is 0 Å². The van der Waals surface area contributed by atoms with Crippen molar-refractivity contribution in [1.29, 1.82) is 0 Å². The molecule has 2 saturated heterocycles. The average molecular weight is 508 g/mol. The number of aromatic nitrogens is 3. The molecule has 1 aromatic carbocycles. The molecular weight excluding hydrogens is 470 g/mol. The maximum Gasteiger partial charge on any atom is 0.225 e. The van der Waals surface area contributed by atoms with E-state index in [4.69, 9.17) is 14.2 Å². The summed E-state index contributed by atoms with van der Waals surface area (Å²) in [6.07, 6.45) is 10.3. The van der Waals surface area contributed by atoms with Gasteiger partial charge in [-0.3, -0.25) is 4.79 Å². The normalized spacial score (nSPS) is 18.9. The van der Waals surface area contributed by atoms with Gasteiger partial charge in [0.2, 0.25) is 5.95 Å². The van der Waals surface area contributed by atoms with Crippen molar-refractivity contribution >= 4 is 22.6 Å². The van der Waals surface area contributed by atoms with Crippen LogP contribution in [0.4, 0.5) is 5.95 Å². The van der Waals surface area contributed by atoms with Gasteiger partial charge in [0.1, 0.15) is 12.4 Å². The van der Waals surface area contributed by atoms with Crippen LogP contribution in [0.5, 0.6) is 5.75 Å². The molecule has 0 bridgehead atoms. The maximum atomic E-state index is 12.4. The zero-order valence-electron chi connectivity index (χ0n) is 21.8. The van der Waals surface area contributed by atoms with E-state index in [1.165, 1.54) is 16.5 Å². The van der Waals surface area contributed by atoms with E-state index in [0.717, 1.165) is 64.0 Å². The highest BCUT2D eigenvalue weighted by Gasteiger charge is 2.22. The van der Waals surface area contributed by atoms with Crippen LogP contribution in [0, 0.1) is 5.92 Å². The van der Waals surface area contributed by atoms with Crippen LogP contribution >= 0.6 is 0 Å². The number of methoxy groups -OCH3 is 1. The Labute approximate surface area is 218 Å². The second-order valence-electron chi connectivity index (χ2n) is 10.0. The van der Waals surface area contributed by atoms with E-state index >= 15 is 0 Å². The number of piperidine rings is 1. The summed E-state index contributed by atoms with van der Waals surface area (Å²) >= 11 is 0. The number of benzene rings is 1. The first-order valence-corrected chi connectivity index (χ1v) is 13.3. The smallest absolute Gasteiger partial charge is 0.225 e. The number of carbonyl (C=O) groups is 1. The number of hydrogen-bond acceptors (Lipinski definition) is 8. The zero-order chi connectivity index (χ0) is 25.6. The zero-order valence-corrected chi connectivity index (χ0v) is 21.8. The number of aryl methyl sites for hydroxylation is 1. The maximum absolute atomic E-state index is 12.4. The molecule has 4 heterocycles. The van der Waals surface area contributed by atoms with Crippen LogP contribution < -0.4 is 15.0 Å². The minimum Gasteiger partial charge on any atom is -0.497 e. The summed E-state index contributed by atoms with van der Waals surface area (Å²) in [5.41, 5.74) is 2.97. The van der Waals surface area contributed by atoms with Gasteiger partial charge in [-0.25, -0.2) is 9.97 Å². The predicted molar refractivity (Wildman–Crippen MR) is 142 cm³/mol. The third-order valence-electron chi connectivity index (χ3n) is 7.42. The lowest BCUT2D eigenvalue weighted by atomic mass is 9.97. The molecule has 2 fully saturated rings. The van der Waals surface area contributed by atoms with Crippen LogP contribution in [0.25, 0.3) is 10.9 Å². The van der Waals surface area contributed by atoms with Crippen LogP contribution in [-0.4, -0.2) is 66.6 Å². The topological polar surface area (TPSA) is 90.7 Å². The van der Waals surface area contributed by atoms with Gasteiger partial charge in [-0.15, -0.1) is 0 Å². The first-order valence-electron chi connectivity index (χ1n) is 13.3. The van der Waals surface area contributed by atoms with E-state index in [2.05, 4.69) is 50.1 Å². The second kappa shape index (κ2) is 12.0. The Bertz CT molecular complexity index is 1180. The predicted octanol–water partition coefficient (Wildman–Crippen LogP) is 3.71. The van der Waals surface area contributed by atoms with Crippen LogP contribution in [0.15, 0.2) is 36.8 Å². The van der Waals surface area contributed by atoms with Crippen LogP contribution in [-0.2, 0) is 23.1 Å². The monoisotopic (exact) mass is 507 g/mol. The second-order valence-corrected chi connectivity index (χ2v) is 10.0. The van der Waals surface area contributed by atoms with Crippen molar-refractivity contribution in [2.45, 2.75) is 44.9 Å². The lowest BCUT2D eigenvalue weighted by Gasteiger charge is -2.32. The number of hydrogen-bond donors (Lipinski definition) is 1. The molecule has 9 nitrogen and oxygen atoms in total. The summed E-state index contributed by atoms with van der Waals surface area (Å²) in [7, 11) is 3.79. The number of rotatable bonds is 10. The van der Waals surface area contributed by atoms with Gasteiger partial charge in [0, 0.05) is 62.8 Å². The molecule has 1 unspecified atom stereocenters. The third-order valence-corrected chi connectivity index (χ3v) is 7.42. The number of nitrogens with zero attached hydrogens (tertiary/aromatic N) is 4. The van der Waals surface area contributed by atoms with Gasteiger partial charge in [-0.2, -0.15) is 0 Å². The van der Waals surface area contributed by atoms with Gasteiger partial charge in [0.15, 0.2) is 12.1 Å². The quantitative estimate of drug-likeness (QED) is 0.416. The summed E-state index contributed by atoms with van der Waals surface area (Å²) in [6.45, 7) is 4.33. The molecule has 2 aliphatic heterocycles. The van der Waals surface area contributed by atoms with Gasteiger partial charge >= 0.3 is 0 Å². The molecule has 0 aliphatic carbocycles. The van der Waals surface area contributed by atoms with Gasteiger partial charge in [0.25, 0.3) is 0 Å². The Morgan fingerprint density at radius 1 is 1.16 bits per heavy atom. The van der Waals surface area contributed by atoms with Crippen molar-refractivity contribution in [1.82, 2.24) is 19.9 Å². The van der Waals surface area contributed by atoms with E-state index in [-0.39, 0.29) is 18.7 Å². The highest BCUT2D eigenvalue weighted by atomic mass is 16.7. The number of ether oxygens (including phenoxy) is 3. The van der Waals surface area contributed by atoms with E-state index in [1.54, 1.807) is 19.5 Å². The Morgan fingerprint density at radius 3 is 2.70 bits per heavy atom. The van der Waals surface area contributed by atoms with Crippen molar-refractivity contribution < 1.29 is 19.0 Å². The number of nitrogens with one attached hydrogen (secondary N) is 1. The molecule has 1 atom stereocenters. The van der Waals surface area contributed by atoms with Crippen molar-refractivity contribution in [3.05, 3.63) is 47.9 Å². The summed E-state index contributed by atoms with van der Waals surface area (Å²) in [6, 6.07) is 6.23. The van der Waals surface area contributed by atoms with Gasteiger partial charge < -0.3 is 29.0 Å². The summed E-state index contributed by atoms with van der Waals surface area (Å²) < 4.78 is 18.7. The molecule has 2 aliphatic rings. The molecule has 0 radical (unpaired) electrons. The number of fused-ring (bicyclic) bond motifs is 1. The lowest BCUT2D eigenvalue weighted by Crippen LogP contribution is -2.38. The largest absolute Gasteiger partial charge is 0.497 e. The lowest BCUT2D eigenvalue weighted by molar-refractivity contribution is -0.155. The molecule has 198 valence electrons. The molecule has 5 rings (SSSR count). The van der Waals surface area contributed by atoms with Crippen molar-refractivity contribution in [3.8, 4) is 5.75 Å². The Hall–Kier alpha value is -3.01. The Balaban J connectivity index is 1.06. The van der Waals surface area contributed by atoms with Crippen LogP contribution in [0.3, 0.4) is 0 Å². The minimum atomic E-state index is -0.274. The minimum absolute atomic E-state index is 0.00190. The van der Waals surface area contributed by atoms with Crippen molar-refractivity contribution in [2.75, 3.05) is 44.9 Å². The molecule has 0 amide bonds. The molecule has 3 aromatic rings. The van der Waals surface area contributed by atoms with Crippen molar-refractivity contribution in [2.24, 2.45) is 13.0 Å². The van der Waals surface area contributed by atoms with E-state index in [0.29, 0.717) is 24.0 Å². The van der Waals surface area contributed by atoms with Gasteiger partial charge in [-0.05, 0) is 68.3 Å². The number of ketones is 1. The Kier molecular flexibility index (Phi) is 8.33. The highest BCUT2D eigenvalue weighted by Crippen LogP contribution is 2.26. The van der Waals surface area contributed by atoms with E-state index in [1.807, 2.05) is 6.07 Å². The number of anilines is 1. The molecule has 9 heteroatoms. The van der Waals surface area contributed by atoms with Crippen molar-refractivity contribution in [3.63, 3.8) is 0 Å². The van der Waals surface area contributed by atoms with Crippen LogP contribution in [0.1, 0.15) is 48.0 Å². The molecule has 0 saturated carbocycles. The summed E-state index contributed by atoms with van der Waals surface area (Å²) in [5, 5.41) is 4.90. The average Bonchev–Trinajstić information content (AvgIpc) is 3.27. The van der Waals surface area contributed by atoms with Crippen LogP contribution in [0.2, 0.25) is 0 Å². The number of carbonyl (C=O) groups excluding carboxylic acids is 1. The molecule has 2 aromatic heterocycles. The standard InChI is InChI=1S/C28H37N5O4/c1-32-18-22(24-13-23(35-2)6-7-25(24)32)15-29-14-20-8-10-33(11-9-20)28-30-16-21(17-31-28)26(34)19-37-27-5-3-4-12-36-27/h6-7,13,16-18,20,27,29H,3-5,8-12,14-15,19H2,1-2H3. The summed E-state index contributed by atoms with van der Waals surface area (Å²) in [4.78, 5) is 23.6. The highest BCUT2D eigenvalue weighted by molar-refractivity contribution is 5.96.